The molecule has 0 amide bonds. The Morgan fingerprint density at radius 1 is 1.37 bits per heavy atom. The van der Waals surface area contributed by atoms with Gasteiger partial charge in [-0.25, -0.2) is 4.39 Å². The molecule has 0 radical (unpaired) electrons. The molecule has 19 heavy (non-hydrogen) atoms. The third kappa shape index (κ3) is 3.14. The van der Waals surface area contributed by atoms with E-state index in [1.807, 2.05) is 24.1 Å². The summed E-state index contributed by atoms with van der Waals surface area (Å²) in [7, 11) is 1.83. The SMILES string of the molecule is CC(=O)c1c(F)cccc1N(C)Cc1ccc(Cl)s1. The van der Waals surface area contributed by atoms with Crippen LogP contribution in [-0.4, -0.2) is 12.8 Å². The molecule has 0 atom stereocenters. The number of Topliss-reactive ketones (excluding diaryl/α,β-unsaturated/α-hetero) is 1. The first kappa shape index (κ1) is 14.0. The maximum atomic E-state index is 13.7. The quantitative estimate of drug-likeness (QED) is 0.781. The van der Waals surface area contributed by atoms with Gasteiger partial charge in [-0.15, -0.1) is 11.3 Å². The molecule has 2 nitrogen and oxygen atoms in total. The van der Waals surface area contributed by atoms with E-state index in [1.165, 1.54) is 24.3 Å². The van der Waals surface area contributed by atoms with Crippen LogP contribution in [0.15, 0.2) is 30.3 Å². The van der Waals surface area contributed by atoms with E-state index in [4.69, 9.17) is 11.6 Å². The molecule has 5 heteroatoms. The third-order valence-corrected chi connectivity index (χ3v) is 3.99. The van der Waals surface area contributed by atoms with Crippen molar-refractivity contribution in [1.29, 1.82) is 0 Å². The van der Waals surface area contributed by atoms with Gasteiger partial charge in [-0.1, -0.05) is 17.7 Å². The Hall–Kier alpha value is -1.39. The van der Waals surface area contributed by atoms with Crippen molar-refractivity contribution < 1.29 is 9.18 Å². The number of halogens is 2. The van der Waals surface area contributed by atoms with Crippen LogP contribution < -0.4 is 4.90 Å². The Morgan fingerprint density at radius 3 is 2.68 bits per heavy atom. The molecule has 0 saturated heterocycles. The molecule has 0 unspecified atom stereocenters. The van der Waals surface area contributed by atoms with Gasteiger partial charge in [0.2, 0.25) is 0 Å². The minimum Gasteiger partial charge on any atom is -0.369 e. The normalized spacial score (nSPS) is 10.5. The van der Waals surface area contributed by atoms with E-state index < -0.39 is 5.82 Å². The Labute approximate surface area is 120 Å². The number of ketones is 1. The molecular weight excluding hydrogens is 285 g/mol. The molecule has 0 bridgehead atoms. The second-order valence-corrected chi connectivity index (χ2v) is 6.05. The van der Waals surface area contributed by atoms with Crippen molar-refractivity contribution in [3.8, 4) is 0 Å². The van der Waals surface area contributed by atoms with Crippen LogP contribution in [0.3, 0.4) is 0 Å². The van der Waals surface area contributed by atoms with Crippen LogP contribution in [0, 0.1) is 5.82 Å². The number of carbonyl (C=O) groups is 1. The van der Waals surface area contributed by atoms with Gasteiger partial charge >= 0.3 is 0 Å². The highest BCUT2D eigenvalue weighted by molar-refractivity contribution is 7.16. The van der Waals surface area contributed by atoms with E-state index in [1.54, 1.807) is 12.1 Å². The summed E-state index contributed by atoms with van der Waals surface area (Å²) >= 11 is 7.36. The first-order valence-electron chi connectivity index (χ1n) is 5.74. The Kier molecular flexibility index (Phi) is 4.22. The summed E-state index contributed by atoms with van der Waals surface area (Å²) < 4.78 is 14.5. The van der Waals surface area contributed by atoms with Crippen LogP contribution in [0.1, 0.15) is 22.2 Å². The molecular formula is C14H13ClFNOS. The predicted molar refractivity (Wildman–Crippen MR) is 77.8 cm³/mol. The topological polar surface area (TPSA) is 20.3 Å². The smallest absolute Gasteiger partial charge is 0.164 e. The average Bonchev–Trinajstić information content (AvgIpc) is 2.73. The van der Waals surface area contributed by atoms with Gasteiger partial charge in [-0.05, 0) is 31.2 Å². The first-order chi connectivity index (χ1) is 8.99. The number of thiophene rings is 1. The molecule has 0 fully saturated rings. The van der Waals surface area contributed by atoms with Crippen LogP contribution in [0.5, 0.6) is 0 Å². The van der Waals surface area contributed by atoms with Gasteiger partial charge in [0.05, 0.1) is 22.1 Å². The van der Waals surface area contributed by atoms with E-state index in [9.17, 15) is 9.18 Å². The lowest BCUT2D eigenvalue weighted by molar-refractivity contribution is 0.101. The number of hydrogen-bond acceptors (Lipinski definition) is 3. The maximum absolute atomic E-state index is 13.7. The molecule has 0 aliphatic heterocycles. The summed E-state index contributed by atoms with van der Waals surface area (Å²) in [5.41, 5.74) is 0.727. The minimum atomic E-state index is -0.485. The highest BCUT2D eigenvalue weighted by atomic mass is 35.5. The molecule has 1 aromatic heterocycles. The van der Waals surface area contributed by atoms with E-state index >= 15 is 0 Å². The molecule has 1 heterocycles. The summed E-state index contributed by atoms with van der Waals surface area (Å²) in [6.07, 6.45) is 0. The van der Waals surface area contributed by atoms with E-state index in [-0.39, 0.29) is 11.3 Å². The molecule has 2 rings (SSSR count). The molecule has 0 N–H and O–H groups in total. The fraction of sp³-hybridized carbons (Fsp3) is 0.214. The molecule has 0 saturated carbocycles. The van der Waals surface area contributed by atoms with Gasteiger partial charge in [0, 0.05) is 11.9 Å². The zero-order valence-electron chi connectivity index (χ0n) is 10.6. The Balaban J connectivity index is 2.31. The van der Waals surface area contributed by atoms with E-state index in [0.717, 1.165) is 9.21 Å². The number of benzene rings is 1. The molecule has 100 valence electrons. The zero-order valence-corrected chi connectivity index (χ0v) is 12.2. The number of rotatable bonds is 4. The van der Waals surface area contributed by atoms with Crippen LogP contribution >= 0.6 is 22.9 Å². The first-order valence-corrected chi connectivity index (χ1v) is 6.93. The van der Waals surface area contributed by atoms with Gasteiger partial charge in [0.25, 0.3) is 0 Å². The fourth-order valence-corrected chi connectivity index (χ4v) is 3.08. The molecule has 1 aromatic carbocycles. The van der Waals surface area contributed by atoms with E-state index in [2.05, 4.69) is 0 Å². The average molecular weight is 298 g/mol. The van der Waals surface area contributed by atoms with Crippen molar-refractivity contribution in [1.82, 2.24) is 0 Å². The molecule has 0 aliphatic rings. The molecule has 0 aliphatic carbocycles. The second-order valence-electron chi connectivity index (χ2n) is 4.25. The standard InChI is InChI=1S/C14H13ClFNOS/c1-9(18)14-11(16)4-3-5-12(14)17(2)8-10-6-7-13(15)19-10/h3-7H,8H2,1-2H3. The van der Waals surface area contributed by atoms with Crippen molar-refractivity contribution in [3.63, 3.8) is 0 Å². The lowest BCUT2D eigenvalue weighted by Crippen LogP contribution is -2.19. The van der Waals surface area contributed by atoms with Crippen LogP contribution in [-0.2, 0) is 6.54 Å². The Morgan fingerprint density at radius 2 is 2.11 bits per heavy atom. The summed E-state index contributed by atoms with van der Waals surface area (Å²) in [6, 6.07) is 8.41. The van der Waals surface area contributed by atoms with Crippen molar-refractivity contribution in [3.05, 3.63) is 50.9 Å². The third-order valence-electron chi connectivity index (χ3n) is 2.78. The van der Waals surface area contributed by atoms with Crippen LogP contribution in [0.2, 0.25) is 4.34 Å². The van der Waals surface area contributed by atoms with E-state index in [0.29, 0.717) is 12.2 Å². The largest absolute Gasteiger partial charge is 0.369 e. The fourth-order valence-electron chi connectivity index (χ4n) is 1.94. The number of anilines is 1. The van der Waals surface area contributed by atoms with Crippen LogP contribution in [0.25, 0.3) is 0 Å². The highest BCUT2D eigenvalue weighted by Crippen LogP contribution is 2.27. The summed E-state index contributed by atoms with van der Waals surface area (Å²) in [5, 5.41) is 0. The van der Waals surface area contributed by atoms with Crippen molar-refractivity contribution >= 4 is 34.4 Å². The lowest BCUT2D eigenvalue weighted by atomic mass is 10.1. The molecule has 0 spiro atoms. The summed E-state index contributed by atoms with van der Waals surface area (Å²) in [5.74, 6) is -0.759. The molecule has 2 aromatic rings. The Bertz CT molecular complexity index is 611. The summed E-state index contributed by atoms with van der Waals surface area (Å²) in [6.45, 7) is 1.96. The second kappa shape index (κ2) is 5.72. The van der Waals surface area contributed by atoms with Gasteiger partial charge < -0.3 is 4.90 Å². The summed E-state index contributed by atoms with van der Waals surface area (Å²) in [4.78, 5) is 14.5. The van der Waals surface area contributed by atoms with Crippen LogP contribution in [0.4, 0.5) is 10.1 Å². The minimum absolute atomic E-state index is 0.132. The van der Waals surface area contributed by atoms with Crippen molar-refractivity contribution in [2.24, 2.45) is 0 Å². The maximum Gasteiger partial charge on any atom is 0.164 e. The van der Waals surface area contributed by atoms with Gasteiger partial charge in [0.15, 0.2) is 5.78 Å². The number of hydrogen-bond donors (Lipinski definition) is 0. The highest BCUT2D eigenvalue weighted by Gasteiger charge is 2.16. The van der Waals surface area contributed by atoms with Gasteiger partial charge in [-0.2, -0.15) is 0 Å². The van der Waals surface area contributed by atoms with Crippen molar-refractivity contribution in [2.45, 2.75) is 13.5 Å². The number of nitrogens with zero attached hydrogens (tertiary/aromatic N) is 1. The lowest BCUT2D eigenvalue weighted by Gasteiger charge is -2.21. The monoisotopic (exact) mass is 297 g/mol. The van der Waals surface area contributed by atoms with Gasteiger partial charge in [-0.3, -0.25) is 4.79 Å². The zero-order chi connectivity index (χ0) is 14.0. The number of carbonyl (C=O) groups excluding carboxylic acids is 1. The predicted octanol–water partition coefficient (Wildman–Crippen LogP) is 4.38. The van der Waals surface area contributed by atoms with Crippen molar-refractivity contribution in [2.75, 3.05) is 11.9 Å². The van der Waals surface area contributed by atoms with Gasteiger partial charge in [0.1, 0.15) is 5.82 Å².